The number of hydrogen-bond donors (Lipinski definition) is 3. The molecule has 2 unspecified atom stereocenters. The number of carbonyl (C=O) groups is 1. The van der Waals surface area contributed by atoms with Gasteiger partial charge in [-0.25, -0.2) is 0 Å². The van der Waals surface area contributed by atoms with Crippen molar-refractivity contribution in [3.05, 3.63) is 35.9 Å². The third-order valence-corrected chi connectivity index (χ3v) is 3.76. The average molecular weight is 296 g/mol. The van der Waals surface area contributed by atoms with E-state index >= 15 is 0 Å². The summed E-state index contributed by atoms with van der Waals surface area (Å²) in [5, 5.41) is 12.5. The molecule has 0 saturated carbocycles. The predicted octanol–water partition coefficient (Wildman–Crippen LogP) is 1.18. The molecule has 0 fully saturated rings. The molecule has 2 atom stereocenters. The molecule has 4 N–H and O–H groups in total. The smallest absolute Gasteiger partial charge is 0.250 e. The Kier molecular flexibility index (Phi) is 8.34. The van der Waals surface area contributed by atoms with Gasteiger partial charge in [0, 0.05) is 12.6 Å². The Balaban J connectivity index is 2.19. The van der Waals surface area contributed by atoms with Gasteiger partial charge in [-0.3, -0.25) is 4.79 Å². The van der Waals surface area contributed by atoms with Crippen LogP contribution in [0.3, 0.4) is 0 Å². The van der Waals surface area contributed by atoms with Gasteiger partial charge in [0.1, 0.15) is 6.10 Å². The molecule has 0 aromatic heterocycles. The Morgan fingerprint density at radius 3 is 2.75 bits per heavy atom. The van der Waals surface area contributed by atoms with E-state index in [1.165, 1.54) is 5.56 Å². The number of amides is 1. The van der Waals surface area contributed by atoms with E-state index in [0.29, 0.717) is 13.0 Å². The second-order valence-corrected chi connectivity index (χ2v) is 5.76. The van der Waals surface area contributed by atoms with Crippen LogP contribution in [0.1, 0.15) is 18.4 Å². The fraction of sp³-hybridized carbons (Fsp3) is 0.533. The van der Waals surface area contributed by atoms with Gasteiger partial charge in [0.15, 0.2) is 0 Å². The van der Waals surface area contributed by atoms with Crippen molar-refractivity contribution in [1.29, 1.82) is 0 Å². The zero-order valence-electron chi connectivity index (χ0n) is 11.9. The maximum atomic E-state index is 11.7. The number of aliphatic hydroxyl groups is 1. The second kappa shape index (κ2) is 9.80. The molecule has 0 saturated heterocycles. The quantitative estimate of drug-likeness (QED) is 0.598. The van der Waals surface area contributed by atoms with Crippen molar-refractivity contribution in [2.45, 2.75) is 31.4 Å². The lowest BCUT2D eigenvalue weighted by molar-refractivity contribution is -0.130. The van der Waals surface area contributed by atoms with Gasteiger partial charge in [0.2, 0.25) is 5.91 Å². The highest BCUT2D eigenvalue weighted by Gasteiger charge is 2.21. The molecule has 0 bridgehead atoms. The van der Waals surface area contributed by atoms with Crippen molar-refractivity contribution in [2.24, 2.45) is 5.73 Å². The van der Waals surface area contributed by atoms with Gasteiger partial charge < -0.3 is 16.2 Å². The van der Waals surface area contributed by atoms with Crippen molar-refractivity contribution in [2.75, 3.05) is 18.6 Å². The number of thioether (sulfide) groups is 1. The minimum atomic E-state index is -1.11. The molecule has 0 heterocycles. The maximum Gasteiger partial charge on any atom is 0.250 e. The van der Waals surface area contributed by atoms with Crippen LogP contribution < -0.4 is 11.1 Å². The summed E-state index contributed by atoms with van der Waals surface area (Å²) >= 11 is 1.66. The SMILES string of the molecule is CSCCC(N)C(O)C(=O)NCCCc1ccccc1. The maximum absolute atomic E-state index is 11.7. The van der Waals surface area contributed by atoms with Crippen LogP contribution in [0.15, 0.2) is 30.3 Å². The molecule has 1 aromatic carbocycles. The van der Waals surface area contributed by atoms with Crippen molar-refractivity contribution >= 4 is 17.7 Å². The minimum absolute atomic E-state index is 0.369. The summed E-state index contributed by atoms with van der Waals surface area (Å²) in [6, 6.07) is 9.63. The lowest BCUT2D eigenvalue weighted by Gasteiger charge is -2.17. The van der Waals surface area contributed by atoms with Crippen molar-refractivity contribution in [3.63, 3.8) is 0 Å². The van der Waals surface area contributed by atoms with E-state index in [1.807, 2.05) is 24.5 Å². The highest BCUT2D eigenvalue weighted by Crippen LogP contribution is 2.04. The second-order valence-electron chi connectivity index (χ2n) is 4.77. The van der Waals surface area contributed by atoms with Crippen molar-refractivity contribution in [1.82, 2.24) is 5.32 Å². The standard InChI is InChI=1S/C15H24N2O2S/c1-20-11-9-13(16)14(18)15(19)17-10-5-8-12-6-3-2-4-7-12/h2-4,6-7,13-14,18H,5,8-11,16H2,1H3,(H,17,19). The zero-order valence-corrected chi connectivity index (χ0v) is 12.7. The Hall–Kier alpha value is -1.04. The normalized spacial score (nSPS) is 13.8. The van der Waals surface area contributed by atoms with Gasteiger partial charge in [-0.1, -0.05) is 30.3 Å². The highest BCUT2D eigenvalue weighted by molar-refractivity contribution is 7.98. The molecule has 0 radical (unpaired) electrons. The molecular formula is C15H24N2O2S. The summed E-state index contributed by atoms with van der Waals surface area (Å²) in [5.74, 6) is 0.478. The number of aryl methyl sites for hydroxylation is 1. The molecule has 0 spiro atoms. The molecule has 20 heavy (non-hydrogen) atoms. The highest BCUT2D eigenvalue weighted by atomic mass is 32.2. The summed E-state index contributed by atoms with van der Waals surface area (Å²) in [5.41, 5.74) is 7.02. The average Bonchev–Trinajstić information content (AvgIpc) is 2.49. The Labute approximate surface area is 125 Å². The van der Waals surface area contributed by atoms with Crippen LogP contribution >= 0.6 is 11.8 Å². The first-order valence-corrected chi connectivity index (χ1v) is 8.28. The number of hydrogen-bond acceptors (Lipinski definition) is 4. The predicted molar refractivity (Wildman–Crippen MR) is 84.8 cm³/mol. The number of nitrogens with one attached hydrogen (secondary N) is 1. The molecule has 4 nitrogen and oxygen atoms in total. The monoisotopic (exact) mass is 296 g/mol. The van der Waals surface area contributed by atoms with Crippen LogP contribution in [0.25, 0.3) is 0 Å². The first-order valence-electron chi connectivity index (χ1n) is 6.89. The molecule has 112 valence electrons. The number of aliphatic hydroxyl groups excluding tert-OH is 1. The van der Waals surface area contributed by atoms with Gasteiger partial charge in [-0.2, -0.15) is 11.8 Å². The van der Waals surface area contributed by atoms with Crippen molar-refractivity contribution < 1.29 is 9.90 Å². The van der Waals surface area contributed by atoms with Gasteiger partial charge in [-0.15, -0.1) is 0 Å². The summed E-state index contributed by atoms with van der Waals surface area (Å²) < 4.78 is 0. The molecule has 0 aliphatic heterocycles. The van der Waals surface area contributed by atoms with Crippen molar-refractivity contribution in [3.8, 4) is 0 Å². The largest absolute Gasteiger partial charge is 0.382 e. The number of nitrogens with two attached hydrogens (primary N) is 1. The minimum Gasteiger partial charge on any atom is -0.382 e. The van der Waals surface area contributed by atoms with Gasteiger partial charge in [0.05, 0.1) is 0 Å². The number of rotatable bonds is 9. The summed E-state index contributed by atoms with van der Waals surface area (Å²) in [6.07, 6.45) is 3.26. The fourth-order valence-electron chi connectivity index (χ4n) is 1.86. The van der Waals surface area contributed by atoms with E-state index in [1.54, 1.807) is 11.8 Å². The molecule has 1 amide bonds. The van der Waals surface area contributed by atoms with Crippen LogP contribution in [0.5, 0.6) is 0 Å². The molecule has 5 heteroatoms. The molecule has 1 aromatic rings. The first kappa shape index (κ1) is 17.0. The Morgan fingerprint density at radius 1 is 1.40 bits per heavy atom. The Morgan fingerprint density at radius 2 is 2.10 bits per heavy atom. The van der Waals surface area contributed by atoms with E-state index in [0.717, 1.165) is 18.6 Å². The van der Waals surface area contributed by atoms with Gasteiger partial charge >= 0.3 is 0 Å². The zero-order chi connectivity index (χ0) is 14.8. The lowest BCUT2D eigenvalue weighted by atomic mass is 10.1. The van der Waals surface area contributed by atoms with Gasteiger partial charge in [0.25, 0.3) is 0 Å². The fourth-order valence-corrected chi connectivity index (χ4v) is 2.37. The van der Waals surface area contributed by atoms with Gasteiger partial charge in [-0.05, 0) is 36.8 Å². The molecule has 0 aliphatic carbocycles. The first-order chi connectivity index (χ1) is 9.65. The van der Waals surface area contributed by atoms with E-state index in [2.05, 4.69) is 17.4 Å². The molecule has 0 aliphatic rings. The lowest BCUT2D eigenvalue weighted by Crippen LogP contribution is -2.46. The third kappa shape index (κ3) is 6.41. The summed E-state index contributed by atoms with van der Waals surface area (Å²) in [4.78, 5) is 11.7. The topological polar surface area (TPSA) is 75.3 Å². The van der Waals surface area contributed by atoms with E-state index in [9.17, 15) is 9.90 Å². The molecule has 1 rings (SSSR count). The van der Waals surface area contributed by atoms with E-state index < -0.39 is 12.1 Å². The summed E-state index contributed by atoms with van der Waals surface area (Å²) in [7, 11) is 0. The van der Waals surface area contributed by atoms with Crippen LogP contribution in [-0.4, -0.2) is 41.7 Å². The third-order valence-electron chi connectivity index (χ3n) is 3.11. The number of benzene rings is 1. The molecular weight excluding hydrogens is 272 g/mol. The van der Waals surface area contributed by atoms with Crippen LogP contribution in [0, 0.1) is 0 Å². The van der Waals surface area contributed by atoms with Crippen LogP contribution in [0.4, 0.5) is 0 Å². The van der Waals surface area contributed by atoms with E-state index in [4.69, 9.17) is 5.73 Å². The summed E-state index contributed by atoms with van der Waals surface area (Å²) in [6.45, 7) is 0.556. The van der Waals surface area contributed by atoms with Crippen LogP contribution in [0.2, 0.25) is 0 Å². The van der Waals surface area contributed by atoms with E-state index in [-0.39, 0.29) is 5.91 Å². The van der Waals surface area contributed by atoms with Crippen LogP contribution in [-0.2, 0) is 11.2 Å². The number of carbonyl (C=O) groups excluding carboxylic acids is 1. The Bertz CT molecular complexity index is 387.